The smallest absolute Gasteiger partial charge is 0.191 e. The fraction of sp³-hybridized carbons (Fsp3) is 0.762. The van der Waals surface area contributed by atoms with E-state index in [0.29, 0.717) is 6.04 Å². The van der Waals surface area contributed by atoms with Crippen LogP contribution in [0.2, 0.25) is 0 Å². The molecule has 0 aromatic carbocycles. The van der Waals surface area contributed by atoms with Gasteiger partial charge in [-0.2, -0.15) is 0 Å². The lowest BCUT2D eigenvalue weighted by Gasteiger charge is -2.33. The van der Waals surface area contributed by atoms with Crippen LogP contribution in [0.25, 0.3) is 0 Å². The molecule has 8 heteroatoms. The number of halogens is 1. The first-order valence-corrected chi connectivity index (χ1v) is 10.7. The molecule has 2 fully saturated rings. The zero-order valence-electron chi connectivity index (χ0n) is 17.6. The number of aliphatic imine (C=N–C) groups is 1. The minimum Gasteiger partial charge on any atom is -0.469 e. The number of methoxy groups -OCH3 is 1. The van der Waals surface area contributed by atoms with Gasteiger partial charge in [0.1, 0.15) is 5.76 Å². The second kappa shape index (κ2) is 14.2. The van der Waals surface area contributed by atoms with Gasteiger partial charge in [0, 0.05) is 59.0 Å². The van der Waals surface area contributed by atoms with Gasteiger partial charge in [0.05, 0.1) is 18.9 Å². The molecule has 0 amide bonds. The molecule has 2 aliphatic heterocycles. The Morgan fingerprint density at radius 2 is 2.17 bits per heavy atom. The van der Waals surface area contributed by atoms with Crippen molar-refractivity contribution in [2.45, 2.75) is 50.7 Å². The number of furan rings is 1. The molecular weight excluding hydrogens is 483 g/mol. The zero-order valence-corrected chi connectivity index (χ0v) is 19.9. The third-order valence-electron chi connectivity index (χ3n) is 5.47. The van der Waals surface area contributed by atoms with Gasteiger partial charge < -0.3 is 29.4 Å². The molecule has 1 atom stereocenters. The van der Waals surface area contributed by atoms with Crippen molar-refractivity contribution in [1.29, 1.82) is 0 Å². The summed E-state index contributed by atoms with van der Waals surface area (Å²) < 4.78 is 16.3. The van der Waals surface area contributed by atoms with Gasteiger partial charge in [-0.15, -0.1) is 24.0 Å². The summed E-state index contributed by atoms with van der Waals surface area (Å²) in [6.45, 7) is 6.64. The van der Waals surface area contributed by atoms with E-state index in [2.05, 4.69) is 15.5 Å². The molecule has 0 aliphatic carbocycles. The van der Waals surface area contributed by atoms with Gasteiger partial charge in [-0.05, 0) is 44.2 Å². The number of nitrogens with one attached hydrogen (secondary N) is 2. The van der Waals surface area contributed by atoms with Crippen LogP contribution in [0.1, 0.15) is 37.9 Å². The molecule has 0 saturated carbocycles. The molecule has 1 unspecified atom stereocenters. The molecule has 1 aromatic heterocycles. The Balaban J connectivity index is 0.00000300. The van der Waals surface area contributed by atoms with Crippen LogP contribution in [0, 0.1) is 0 Å². The van der Waals surface area contributed by atoms with Gasteiger partial charge in [0.15, 0.2) is 5.96 Å². The van der Waals surface area contributed by atoms with E-state index in [-0.39, 0.29) is 30.1 Å². The van der Waals surface area contributed by atoms with E-state index in [0.717, 1.165) is 96.2 Å². The van der Waals surface area contributed by atoms with E-state index in [1.165, 1.54) is 0 Å². The minimum atomic E-state index is 0. The summed E-state index contributed by atoms with van der Waals surface area (Å²) in [5, 5.41) is 7.12. The highest BCUT2D eigenvalue weighted by Crippen LogP contribution is 2.13. The van der Waals surface area contributed by atoms with Crippen LogP contribution in [-0.2, 0) is 15.9 Å². The highest BCUT2D eigenvalue weighted by Gasteiger charge is 2.20. The topological polar surface area (TPSA) is 71.3 Å². The van der Waals surface area contributed by atoms with Crippen molar-refractivity contribution >= 4 is 29.9 Å². The van der Waals surface area contributed by atoms with E-state index >= 15 is 0 Å². The second-order valence-corrected chi connectivity index (χ2v) is 7.69. The number of hydrogen-bond donors (Lipinski definition) is 2. The normalized spacial score (nSPS) is 21.1. The predicted octanol–water partition coefficient (Wildman–Crippen LogP) is 2.66. The largest absolute Gasteiger partial charge is 0.469 e. The summed E-state index contributed by atoms with van der Waals surface area (Å²) in [5.74, 6) is 1.90. The van der Waals surface area contributed by atoms with Crippen molar-refractivity contribution in [1.82, 2.24) is 15.5 Å². The first kappa shape index (κ1) is 24.4. The lowest BCUT2D eigenvalue weighted by molar-refractivity contribution is 0.117. The Bertz CT molecular complexity index is 556. The summed E-state index contributed by atoms with van der Waals surface area (Å²) in [4.78, 5) is 7.34. The predicted molar refractivity (Wildman–Crippen MR) is 126 cm³/mol. The number of likely N-dealkylation sites (tertiary alicyclic amines) is 1. The van der Waals surface area contributed by atoms with Crippen LogP contribution in [-0.4, -0.2) is 76.1 Å². The monoisotopic (exact) mass is 520 g/mol. The van der Waals surface area contributed by atoms with Crippen molar-refractivity contribution in [2.75, 3.05) is 53.0 Å². The van der Waals surface area contributed by atoms with E-state index < -0.39 is 0 Å². The van der Waals surface area contributed by atoms with Crippen LogP contribution in [0.3, 0.4) is 0 Å². The van der Waals surface area contributed by atoms with Gasteiger partial charge in [0.25, 0.3) is 0 Å². The standard InChI is InChI=1S/C21H36N4O3.HI/c1-26-14-4-11-25-12-8-18(9-13-25)24-21(23-17-20-6-3-16-28-20)22-10-7-19-5-2-15-27-19;/h2,5,15,18,20H,3-4,6-14,16-17H2,1H3,(H2,22,23,24);1H. The maximum absolute atomic E-state index is 5.72. The van der Waals surface area contributed by atoms with Crippen LogP contribution in [0.15, 0.2) is 27.8 Å². The van der Waals surface area contributed by atoms with Gasteiger partial charge >= 0.3 is 0 Å². The molecule has 166 valence electrons. The summed E-state index contributed by atoms with van der Waals surface area (Å²) in [7, 11) is 1.77. The quantitative estimate of drug-likeness (QED) is 0.214. The Kier molecular flexibility index (Phi) is 12.0. The van der Waals surface area contributed by atoms with Crippen molar-refractivity contribution < 1.29 is 13.9 Å². The van der Waals surface area contributed by atoms with E-state index in [1.807, 2.05) is 12.1 Å². The fourth-order valence-corrected chi connectivity index (χ4v) is 3.82. The van der Waals surface area contributed by atoms with Gasteiger partial charge in [0.2, 0.25) is 0 Å². The molecular formula is C21H37IN4O3. The Morgan fingerprint density at radius 3 is 2.86 bits per heavy atom. The SMILES string of the molecule is COCCCN1CCC(NC(=NCC2CCCO2)NCCc2ccco2)CC1.I. The molecule has 3 rings (SSSR count). The van der Waals surface area contributed by atoms with E-state index in [9.17, 15) is 0 Å². The molecule has 2 saturated heterocycles. The Hall–Kier alpha value is -0.840. The molecule has 2 N–H and O–H groups in total. The van der Waals surface area contributed by atoms with Crippen LogP contribution < -0.4 is 10.6 Å². The fourth-order valence-electron chi connectivity index (χ4n) is 3.82. The molecule has 3 heterocycles. The molecule has 0 spiro atoms. The van der Waals surface area contributed by atoms with E-state index in [1.54, 1.807) is 13.4 Å². The molecule has 29 heavy (non-hydrogen) atoms. The highest BCUT2D eigenvalue weighted by molar-refractivity contribution is 14.0. The number of piperidine rings is 1. The number of ether oxygens (including phenoxy) is 2. The molecule has 2 aliphatic rings. The summed E-state index contributed by atoms with van der Waals surface area (Å²) in [6, 6.07) is 4.41. The molecule has 0 radical (unpaired) electrons. The molecule has 0 bridgehead atoms. The first-order valence-electron chi connectivity index (χ1n) is 10.7. The van der Waals surface area contributed by atoms with Gasteiger partial charge in [-0.3, -0.25) is 4.99 Å². The van der Waals surface area contributed by atoms with Crippen molar-refractivity contribution in [3.8, 4) is 0 Å². The van der Waals surface area contributed by atoms with Gasteiger partial charge in [-0.25, -0.2) is 0 Å². The second-order valence-electron chi connectivity index (χ2n) is 7.69. The van der Waals surface area contributed by atoms with Crippen LogP contribution in [0.5, 0.6) is 0 Å². The number of rotatable bonds is 10. The molecule has 7 nitrogen and oxygen atoms in total. The zero-order chi connectivity index (χ0) is 19.4. The lowest BCUT2D eigenvalue weighted by Crippen LogP contribution is -2.49. The summed E-state index contributed by atoms with van der Waals surface area (Å²) in [6.07, 6.45) is 8.51. The highest BCUT2D eigenvalue weighted by atomic mass is 127. The maximum Gasteiger partial charge on any atom is 0.191 e. The average molecular weight is 520 g/mol. The van der Waals surface area contributed by atoms with Crippen LogP contribution in [0.4, 0.5) is 0 Å². The Labute approximate surface area is 192 Å². The summed E-state index contributed by atoms with van der Waals surface area (Å²) >= 11 is 0. The minimum absolute atomic E-state index is 0. The molecule has 1 aromatic rings. The first-order chi connectivity index (χ1) is 13.8. The van der Waals surface area contributed by atoms with E-state index in [4.69, 9.17) is 18.9 Å². The van der Waals surface area contributed by atoms with Crippen molar-refractivity contribution in [2.24, 2.45) is 4.99 Å². The third-order valence-corrected chi connectivity index (χ3v) is 5.47. The third kappa shape index (κ3) is 9.23. The van der Waals surface area contributed by atoms with Crippen molar-refractivity contribution in [3.05, 3.63) is 24.2 Å². The number of nitrogens with zero attached hydrogens (tertiary/aromatic N) is 2. The number of guanidine groups is 1. The average Bonchev–Trinajstić information content (AvgIpc) is 3.42. The lowest BCUT2D eigenvalue weighted by atomic mass is 10.1. The van der Waals surface area contributed by atoms with Gasteiger partial charge in [-0.1, -0.05) is 0 Å². The maximum atomic E-state index is 5.72. The number of hydrogen-bond acceptors (Lipinski definition) is 5. The van der Waals surface area contributed by atoms with Crippen molar-refractivity contribution in [3.63, 3.8) is 0 Å². The van der Waals surface area contributed by atoms with Crippen LogP contribution >= 0.6 is 24.0 Å². The Morgan fingerprint density at radius 1 is 1.31 bits per heavy atom. The summed E-state index contributed by atoms with van der Waals surface area (Å²) in [5.41, 5.74) is 0.